The number of aliphatic carboxylic acids is 2. The fourth-order valence-electron chi connectivity index (χ4n) is 3.41. The molecule has 0 aliphatic carbocycles. The Morgan fingerprint density at radius 2 is 2.03 bits per heavy atom. The third-order valence-electron chi connectivity index (χ3n) is 5.29. The molecule has 3 rings (SSSR count). The molecule has 0 amide bonds. The van der Waals surface area contributed by atoms with E-state index in [1.807, 2.05) is 0 Å². The number of carboxylic acids is 2. The highest BCUT2D eigenvalue weighted by Crippen LogP contribution is 2.27. The van der Waals surface area contributed by atoms with Gasteiger partial charge in [-0.05, 0) is 34.0 Å². The molecule has 14 nitrogen and oxygen atoms in total. The lowest BCUT2D eigenvalue weighted by molar-refractivity contribution is -0.195. The van der Waals surface area contributed by atoms with Gasteiger partial charge in [0.15, 0.2) is 29.3 Å². The van der Waals surface area contributed by atoms with Gasteiger partial charge in [-0.2, -0.15) is 21.3 Å². The Hall–Kier alpha value is -3.36. The van der Waals surface area contributed by atoms with Crippen LogP contribution in [0.4, 0.5) is 5.82 Å². The molecule has 0 unspecified atom stereocenters. The fourth-order valence-corrected chi connectivity index (χ4v) is 4.25. The minimum absolute atomic E-state index is 0.0743. The summed E-state index contributed by atoms with van der Waals surface area (Å²) >= 11 is 7.27. The van der Waals surface area contributed by atoms with Gasteiger partial charge < -0.3 is 40.3 Å². The SMILES string of the molecule is C#C[C@@H](O)[C@@H](O[C@@H](CO)COC(Cc1ccsc1)(C(=O)O)C(=O)O)n1cnc2c(NCCO)nc(Cl)nc21. The van der Waals surface area contributed by atoms with E-state index in [4.69, 9.17) is 32.6 Å². The van der Waals surface area contributed by atoms with E-state index < -0.39 is 55.6 Å². The first-order valence-corrected chi connectivity index (χ1v) is 12.3. The molecule has 0 aliphatic heterocycles. The van der Waals surface area contributed by atoms with Crippen LogP contribution in [-0.2, 0) is 25.5 Å². The minimum Gasteiger partial charge on any atom is -0.479 e. The summed E-state index contributed by atoms with van der Waals surface area (Å²) in [6.07, 6.45) is 1.73. The maximum absolute atomic E-state index is 12.0. The van der Waals surface area contributed by atoms with Crippen LogP contribution in [-0.4, -0.2) is 101 Å². The molecule has 0 aromatic carbocycles. The van der Waals surface area contributed by atoms with Crippen LogP contribution >= 0.6 is 22.9 Å². The molecule has 38 heavy (non-hydrogen) atoms. The second-order valence-corrected chi connectivity index (χ2v) is 8.93. The summed E-state index contributed by atoms with van der Waals surface area (Å²) in [7, 11) is 0. The van der Waals surface area contributed by atoms with Crippen molar-refractivity contribution in [1.82, 2.24) is 19.5 Å². The number of carboxylic acid groups (broad SMARTS) is 2. The van der Waals surface area contributed by atoms with Gasteiger partial charge in [0.25, 0.3) is 5.60 Å². The van der Waals surface area contributed by atoms with Crippen LogP contribution in [0.2, 0.25) is 5.28 Å². The molecular formula is C22H24ClN5O9S. The zero-order valence-corrected chi connectivity index (χ0v) is 21.2. The van der Waals surface area contributed by atoms with Crippen LogP contribution < -0.4 is 5.32 Å². The molecule has 3 aromatic rings. The summed E-state index contributed by atoms with van der Waals surface area (Å²) in [5.41, 5.74) is -1.98. The maximum Gasteiger partial charge on any atom is 0.348 e. The predicted octanol–water partition coefficient (Wildman–Crippen LogP) is -0.0171. The number of hydrogen-bond donors (Lipinski definition) is 6. The van der Waals surface area contributed by atoms with Crippen LogP contribution in [0.5, 0.6) is 0 Å². The number of thiophene rings is 1. The predicted molar refractivity (Wildman–Crippen MR) is 134 cm³/mol. The zero-order valence-electron chi connectivity index (χ0n) is 19.6. The van der Waals surface area contributed by atoms with Crippen LogP contribution in [0.3, 0.4) is 0 Å². The van der Waals surface area contributed by atoms with Crippen LogP contribution in [0.15, 0.2) is 23.2 Å². The van der Waals surface area contributed by atoms with Gasteiger partial charge >= 0.3 is 11.9 Å². The fraction of sp³-hybridized carbons (Fsp3) is 0.409. The average molecular weight is 570 g/mol. The van der Waals surface area contributed by atoms with Crippen molar-refractivity contribution in [1.29, 1.82) is 0 Å². The van der Waals surface area contributed by atoms with E-state index in [2.05, 4.69) is 26.2 Å². The first kappa shape index (κ1) is 29.2. The van der Waals surface area contributed by atoms with Crippen molar-refractivity contribution >= 4 is 51.9 Å². The summed E-state index contributed by atoms with van der Waals surface area (Å²) in [6.45, 7) is -1.53. The Kier molecular flexibility index (Phi) is 9.94. The van der Waals surface area contributed by atoms with Gasteiger partial charge in [-0.3, -0.25) is 4.57 Å². The highest BCUT2D eigenvalue weighted by atomic mass is 35.5. The Morgan fingerprint density at radius 3 is 2.61 bits per heavy atom. The molecule has 0 radical (unpaired) electrons. The number of aliphatic hydroxyl groups is 3. The topological polar surface area (TPSA) is 209 Å². The lowest BCUT2D eigenvalue weighted by Gasteiger charge is -2.30. The van der Waals surface area contributed by atoms with E-state index in [0.717, 1.165) is 0 Å². The lowest BCUT2D eigenvalue weighted by atomic mass is 9.96. The first-order valence-electron chi connectivity index (χ1n) is 10.9. The molecule has 6 N–H and O–H groups in total. The monoisotopic (exact) mass is 569 g/mol. The summed E-state index contributed by atoms with van der Waals surface area (Å²) < 4.78 is 12.3. The number of imidazole rings is 1. The van der Waals surface area contributed by atoms with Crippen molar-refractivity contribution in [3.63, 3.8) is 0 Å². The number of fused-ring (bicyclic) bond motifs is 1. The van der Waals surface area contributed by atoms with Gasteiger partial charge in [-0.25, -0.2) is 14.6 Å². The van der Waals surface area contributed by atoms with Crippen molar-refractivity contribution < 1.29 is 44.6 Å². The number of ether oxygens (including phenoxy) is 2. The van der Waals surface area contributed by atoms with Crippen molar-refractivity contribution in [3.05, 3.63) is 34.0 Å². The minimum atomic E-state index is -2.67. The van der Waals surface area contributed by atoms with Gasteiger partial charge in [0, 0.05) is 13.0 Å². The normalized spacial score (nSPS) is 14.1. The van der Waals surface area contributed by atoms with Crippen molar-refractivity contribution in [2.24, 2.45) is 0 Å². The average Bonchev–Trinajstić information content (AvgIpc) is 3.55. The first-order chi connectivity index (χ1) is 18.2. The third-order valence-corrected chi connectivity index (χ3v) is 6.19. The van der Waals surface area contributed by atoms with E-state index in [9.17, 15) is 30.0 Å². The summed E-state index contributed by atoms with van der Waals surface area (Å²) in [6, 6.07) is 1.56. The van der Waals surface area contributed by atoms with Crippen molar-refractivity contribution in [2.75, 3.05) is 31.7 Å². The number of terminal acetylenes is 1. The summed E-state index contributed by atoms with van der Waals surface area (Å²) in [4.78, 5) is 36.3. The standard InChI is InChI=1S/C22H24ClN5O9S/c1-2-14(31)18(28-11-25-15-16(24-4-5-29)26-21(23)27-17(15)28)37-13(8-30)9-36-22(19(32)33,20(34)35)7-12-3-6-38-10-12/h1,3,6,10-11,13-14,18,29-31H,4-5,7-9H2,(H,32,33)(H,34,35)(H,24,26,27)/t13-,14+,18+/m0/s1. The molecule has 3 heterocycles. The van der Waals surface area contributed by atoms with Gasteiger partial charge in [-0.1, -0.05) is 5.92 Å². The number of nitrogens with zero attached hydrogens (tertiary/aromatic N) is 4. The van der Waals surface area contributed by atoms with E-state index in [1.165, 1.54) is 22.2 Å². The summed E-state index contributed by atoms with van der Waals surface area (Å²) in [5, 5.41) is 54.9. The van der Waals surface area contributed by atoms with E-state index >= 15 is 0 Å². The molecular weight excluding hydrogens is 546 g/mol. The smallest absolute Gasteiger partial charge is 0.348 e. The summed E-state index contributed by atoms with van der Waals surface area (Å²) in [5.74, 6) is -1.21. The Morgan fingerprint density at radius 1 is 1.29 bits per heavy atom. The zero-order chi connectivity index (χ0) is 27.9. The molecule has 16 heteroatoms. The number of rotatable bonds is 15. The number of hydrogen-bond acceptors (Lipinski definition) is 12. The second kappa shape index (κ2) is 12.9. The van der Waals surface area contributed by atoms with Crippen LogP contribution in [0.25, 0.3) is 11.2 Å². The van der Waals surface area contributed by atoms with Crippen LogP contribution in [0.1, 0.15) is 11.8 Å². The molecule has 0 aliphatic rings. The Bertz CT molecular complexity index is 1280. The number of aromatic nitrogens is 4. The lowest BCUT2D eigenvalue weighted by Crippen LogP contribution is -2.52. The Balaban J connectivity index is 1.90. The second-order valence-electron chi connectivity index (χ2n) is 7.82. The van der Waals surface area contributed by atoms with Crippen molar-refractivity contribution in [3.8, 4) is 12.3 Å². The number of anilines is 1. The van der Waals surface area contributed by atoms with Gasteiger partial charge in [0.1, 0.15) is 6.10 Å². The molecule has 0 spiro atoms. The molecule has 3 atom stereocenters. The van der Waals surface area contributed by atoms with Gasteiger partial charge in [0.2, 0.25) is 5.28 Å². The van der Waals surface area contributed by atoms with E-state index in [0.29, 0.717) is 5.56 Å². The largest absolute Gasteiger partial charge is 0.479 e. The third kappa shape index (κ3) is 6.37. The van der Waals surface area contributed by atoms with Gasteiger partial charge in [-0.15, -0.1) is 6.42 Å². The highest BCUT2D eigenvalue weighted by molar-refractivity contribution is 7.07. The van der Waals surface area contributed by atoms with Crippen LogP contribution in [0, 0.1) is 12.3 Å². The molecule has 0 saturated carbocycles. The van der Waals surface area contributed by atoms with Gasteiger partial charge in [0.05, 0.1) is 26.1 Å². The maximum atomic E-state index is 12.0. The van der Waals surface area contributed by atoms with E-state index in [-0.39, 0.29) is 35.4 Å². The quantitative estimate of drug-likeness (QED) is 0.0808. The molecule has 204 valence electrons. The number of nitrogens with one attached hydrogen (secondary N) is 1. The molecule has 3 aromatic heterocycles. The molecule has 0 bridgehead atoms. The number of aliphatic hydroxyl groups excluding tert-OH is 3. The Labute approximate surface area is 224 Å². The molecule has 0 saturated heterocycles. The highest BCUT2D eigenvalue weighted by Gasteiger charge is 2.49. The van der Waals surface area contributed by atoms with Crippen molar-refractivity contribution in [2.45, 2.75) is 30.5 Å². The number of halogens is 1. The molecule has 0 fully saturated rings. The number of carbonyl (C=O) groups is 2. The van der Waals surface area contributed by atoms with E-state index in [1.54, 1.807) is 16.8 Å².